The van der Waals surface area contributed by atoms with Crippen LogP contribution in [-0.4, -0.2) is 26.3 Å². The van der Waals surface area contributed by atoms with E-state index >= 15 is 0 Å². The molecule has 0 aliphatic carbocycles. The molecule has 0 aromatic heterocycles. The average molecular weight is 285 g/mol. The van der Waals surface area contributed by atoms with E-state index in [-0.39, 0.29) is 11.4 Å². The van der Waals surface area contributed by atoms with Gasteiger partial charge in [0.1, 0.15) is 0 Å². The maximum absolute atomic E-state index is 11.4. The van der Waals surface area contributed by atoms with Crippen LogP contribution in [0, 0.1) is 0 Å². The Morgan fingerprint density at radius 2 is 2.06 bits per heavy atom. The summed E-state index contributed by atoms with van der Waals surface area (Å²) in [6.07, 6.45) is 0.380. The summed E-state index contributed by atoms with van der Waals surface area (Å²) in [5, 5.41) is 0. The van der Waals surface area contributed by atoms with Crippen LogP contribution in [0.5, 0.6) is 0 Å². The number of esters is 1. The molecule has 0 amide bonds. The highest BCUT2D eigenvalue weighted by Crippen LogP contribution is 2.36. The first-order chi connectivity index (χ1) is 7.66. The first kappa shape index (κ1) is 11.6. The molecule has 1 aliphatic rings. The molecule has 86 valence electrons. The fourth-order valence-electron chi connectivity index (χ4n) is 1.87. The fraction of sp³-hybridized carbons (Fsp3) is 0.417. The van der Waals surface area contributed by atoms with Crippen LogP contribution in [0.2, 0.25) is 0 Å². The summed E-state index contributed by atoms with van der Waals surface area (Å²) in [6.45, 7) is 1.17. The van der Waals surface area contributed by atoms with Gasteiger partial charge in [0.25, 0.3) is 0 Å². The number of methoxy groups -OCH3 is 1. The Hall–Kier alpha value is -0.870. The lowest BCUT2D eigenvalue weighted by atomic mass is 9.76. The van der Waals surface area contributed by atoms with Gasteiger partial charge in [0, 0.05) is 4.47 Å². The molecule has 16 heavy (non-hydrogen) atoms. The van der Waals surface area contributed by atoms with Crippen LogP contribution in [0.1, 0.15) is 12.0 Å². The predicted molar refractivity (Wildman–Crippen MR) is 63.3 cm³/mol. The quantitative estimate of drug-likeness (QED) is 0.799. The Labute approximate surface area is 103 Å². The SMILES string of the molecule is COC(=O)CC1(c2ccc(Br)cc2)COC1. The number of ether oxygens (including phenoxy) is 2. The molecule has 0 bridgehead atoms. The molecule has 1 heterocycles. The zero-order chi connectivity index (χ0) is 11.6. The third-order valence-corrected chi connectivity index (χ3v) is 3.45. The van der Waals surface area contributed by atoms with Crippen LogP contribution in [0.15, 0.2) is 28.7 Å². The summed E-state index contributed by atoms with van der Waals surface area (Å²) in [6, 6.07) is 8.00. The van der Waals surface area contributed by atoms with E-state index in [2.05, 4.69) is 15.9 Å². The molecule has 1 saturated heterocycles. The van der Waals surface area contributed by atoms with Crippen molar-refractivity contribution < 1.29 is 14.3 Å². The summed E-state index contributed by atoms with van der Waals surface area (Å²) in [5.41, 5.74) is 0.945. The summed E-state index contributed by atoms with van der Waals surface area (Å²) < 4.78 is 11.0. The second-order valence-corrected chi connectivity index (χ2v) is 4.95. The van der Waals surface area contributed by atoms with Gasteiger partial charge < -0.3 is 9.47 Å². The summed E-state index contributed by atoms with van der Waals surface area (Å²) in [7, 11) is 1.41. The van der Waals surface area contributed by atoms with Gasteiger partial charge >= 0.3 is 5.97 Å². The number of carbonyl (C=O) groups is 1. The third kappa shape index (κ3) is 2.13. The maximum atomic E-state index is 11.4. The molecule has 3 nitrogen and oxygen atoms in total. The number of hydrogen-bond donors (Lipinski definition) is 0. The Balaban J connectivity index is 2.21. The first-order valence-corrected chi connectivity index (χ1v) is 5.86. The first-order valence-electron chi connectivity index (χ1n) is 5.07. The normalized spacial score (nSPS) is 17.6. The van der Waals surface area contributed by atoms with Gasteiger partial charge in [-0.05, 0) is 17.7 Å². The molecule has 0 unspecified atom stereocenters. The van der Waals surface area contributed by atoms with E-state index in [9.17, 15) is 4.79 Å². The van der Waals surface area contributed by atoms with Crippen molar-refractivity contribution >= 4 is 21.9 Å². The van der Waals surface area contributed by atoms with E-state index in [0.29, 0.717) is 19.6 Å². The average Bonchev–Trinajstić information content (AvgIpc) is 2.24. The predicted octanol–water partition coefficient (Wildman–Crippen LogP) is 2.28. The second-order valence-electron chi connectivity index (χ2n) is 4.03. The summed E-state index contributed by atoms with van der Waals surface area (Å²) in [5.74, 6) is -0.189. The van der Waals surface area contributed by atoms with Gasteiger partial charge in [0.2, 0.25) is 0 Å². The second kappa shape index (κ2) is 4.55. The molecule has 1 aliphatic heterocycles. The van der Waals surface area contributed by atoms with E-state index in [1.807, 2.05) is 24.3 Å². The van der Waals surface area contributed by atoms with Crippen molar-refractivity contribution in [2.75, 3.05) is 20.3 Å². The van der Waals surface area contributed by atoms with Crippen molar-refractivity contribution in [2.24, 2.45) is 0 Å². The highest BCUT2D eigenvalue weighted by Gasteiger charge is 2.42. The van der Waals surface area contributed by atoms with Gasteiger partial charge in [-0.1, -0.05) is 28.1 Å². The molecule has 1 aromatic carbocycles. The molecule has 0 spiro atoms. The van der Waals surface area contributed by atoms with Crippen LogP contribution in [0.25, 0.3) is 0 Å². The standard InChI is InChI=1S/C12H13BrO3/c1-15-11(14)6-12(7-16-8-12)9-2-4-10(13)5-3-9/h2-5H,6-8H2,1H3. The molecule has 0 saturated carbocycles. The number of hydrogen-bond acceptors (Lipinski definition) is 3. The zero-order valence-corrected chi connectivity index (χ0v) is 10.6. The minimum atomic E-state index is -0.189. The van der Waals surface area contributed by atoms with Crippen LogP contribution >= 0.6 is 15.9 Å². The van der Waals surface area contributed by atoms with E-state index in [1.165, 1.54) is 7.11 Å². The minimum Gasteiger partial charge on any atom is -0.469 e. The van der Waals surface area contributed by atoms with Gasteiger partial charge in [0.15, 0.2) is 0 Å². The zero-order valence-electron chi connectivity index (χ0n) is 9.03. The highest BCUT2D eigenvalue weighted by molar-refractivity contribution is 9.10. The summed E-state index contributed by atoms with van der Waals surface area (Å²) in [4.78, 5) is 11.4. The Morgan fingerprint density at radius 3 is 2.50 bits per heavy atom. The maximum Gasteiger partial charge on any atom is 0.306 e. The van der Waals surface area contributed by atoms with Crippen molar-refractivity contribution in [2.45, 2.75) is 11.8 Å². The molecule has 0 radical (unpaired) electrons. The van der Waals surface area contributed by atoms with E-state index < -0.39 is 0 Å². The van der Waals surface area contributed by atoms with Crippen molar-refractivity contribution in [3.8, 4) is 0 Å². The molecule has 1 aromatic rings. The van der Waals surface area contributed by atoms with E-state index in [1.54, 1.807) is 0 Å². The highest BCUT2D eigenvalue weighted by atomic mass is 79.9. The van der Waals surface area contributed by atoms with Crippen LogP contribution in [0.3, 0.4) is 0 Å². The smallest absolute Gasteiger partial charge is 0.306 e. The van der Waals surface area contributed by atoms with Crippen molar-refractivity contribution in [1.29, 1.82) is 0 Å². The van der Waals surface area contributed by atoms with Crippen LogP contribution < -0.4 is 0 Å². The van der Waals surface area contributed by atoms with Crippen molar-refractivity contribution in [1.82, 2.24) is 0 Å². The van der Waals surface area contributed by atoms with Crippen molar-refractivity contribution in [3.63, 3.8) is 0 Å². The Morgan fingerprint density at radius 1 is 1.44 bits per heavy atom. The fourth-order valence-corrected chi connectivity index (χ4v) is 2.14. The Kier molecular flexibility index (Phi) is 3.30. The molecule has 1 fully saturated rings. The lowest BCUT2D eigenvalue weighted by molar-refractivity contribution is -0.148. The lowest BCUT2D eigenvalue weighted by Gasteiger charge is -2.41. The van der Waals surface area contributed by atoms with Crippen LogP contribution in [0.4, 0.5) is 0 Å². The number of halogens is 1. The number of rotatable bonds is 3. The molecular weight excluding hydrogens is 272 g/mol. The largest absolute Gasteiger partial charge is 0.469 e. The molecule has 4 heteroatoms. The monoisotopic (exact) mass is 284 g/mol. The van der Waals surface area contributed by atoms with Crippen LogP contribution in [-0.2, 0) is 19.7 Å². The molecule has 0 atom stereocenters. The third-order valence-electron chi connectivity index (χ3n) is 2.92. The summed E-state index contributed by atoms with van der Waals surface area (Å²) >= 11 is 3.39. The minimum absolute atomic E-state index is 0.187. The van der Waals surface area contributed by atoms with Gasteiger partial charge in [-0.25, -0.2) is 0 Å². The van der Waals surface area contributed by atoms with Gasteiger partial charge in [-0.15, -0.1) is 0 Å². The topological polar surface area (TPSA) is 35.5 Å². The number of carbonyl (C=O) groups excluding carboxylic acids is 1. The van der Waals surface area contributed by atoms with E-state index in [4.69, 9.17) is 9.47 Å². The molecule has 0 N–H and O–H groups in total. The van der Waals surface area contributed by atoms with Gasteiger partial charge in [0.05, 0.1) is 32.2 Å². The van der Waals surface area contributed by atoms with Gasteiger partial charge in [-0.3, -0.25) is 4.79 Å². The van der Waals surface area contributed by atoms with E-state index in [0.717, 1.165) is 10.0 Å². The molecular formula is C12H13BrO3. The van der Waals surface area contributed by atoms with Gasteiger partial charge in [-0.2, -0.15) is 0 Å². The molecule has 2 rings (SSSR count). The number of benzene rings is 1. The van der Waals surface area contributed by atoms with Crippen molar-refractivity contribution in [3.05, 3.63) is 34.3 Å². The Bertz CT molecular complexity index is 382. The lowest BCUT2D eigenvalue weighted by Crippen LogP contribution is -2.48.